The van der Waals surface area contributed by atoms with Gasteiger partial charge in [0.25, 0.3) is 5.91 Å². The minimum Gasteiger partial charge on any atom is -0.391 e. The lowest BCUT2D eigenvalue weighted by atomic mass is 10.1. The number of amides is 1. The zero-order valence-electron chi connectivity index (χ0n) is 11.1. The fraction of sp³-hybridized carbons (Fsp3) is 0.500. The van der Waals surface area contributed by atoms with E-state index in [2.05, 4.69) is 5.32 Å². The lowest BCUT2D eigenvalue weighted by Gasteiger charge is -2.15. The molecular weight excluding hydrogens is 230 g/mol. The maximum atomic E-state index is 11.8. The van der Waals surface area contributed by atoms with Crippen LogP contribution in [0.2, 0.25) is 0 Å². The molecule has 0 aromatic heterocycles. The van der Waals surface area contributed by atoms with Crippen LogP contribution in [0.25, 0.3) is 0 Å². The Hall–Kier alpha value is -1.39. The Morgan fingerprint density at radius 2 is 1.94 bits per heavy atom. The second-order valence-electron chi connectivity index (χ2n) is 4.65. The van der Waals surface area contributed by atoms with Crippen molar-refractivity contribution < 1.29 is 14.6 Å². The maximum Gasteiger partial charge on any atom is 0.251 e. The molecule has 1 rings (SSSR count). The Balaban J connectivity index is 2.51. The molecule has 100 valence electrons. The number of aliphatic hydroxyl groups is 1. The Bertz CT molecular complexity index is 373. The van der Waals surface area contributed by atoms with Crippen molar-refractivity contribution in [1.29, 1.82) is 0 Å². The number of rotatable bonds is 6. The first kappa shape index (κ1) is 14.7. The third-order valence-corrected chi connectivity index (χ3v) is 2.77. The van der Waals surface area contributed by atoms with E-state index < -0.39 is 6.10 Å². The van der Waals surface area contributed by atoms with Crippen molar-refractivity contribution in [1.82, 2.24) is 5.32 Å². The predicted molar refractivity (Wildman–Crippen MR) is 70.3 cm³/mol. The van der Waals surface area contributed by atoms with Crippen LogP contribution in [0.3, 0.4) is 0 Å². The summed E-state index contributed by atoms with van der Waals surface area (Å²) in [4.78, 5) is 11.8. The Morgan fingerprint density at radius 3 is 2.44 bits per heavy atom. The van der Waals surface area contributed by atoms with Gasteiger partial charge in [0.05, 0.1) is 12.7 Å². The van der Waals surface area contributed by atoms with Crippen molar-refractivity contribution in [3.63, 3.8) is 0 Å². The van der Waals surface area contributed by atoms with Crippen molar-refractivity contribution in [2.45, 2.75) is 26.6 Å². The number of nitrogens with one attached hydrogen (secondary N) is 1. The largest absolute Gasteiger partial charge is 0.391 e. The first-order chi connectivity index (χ1) is 8.54. The molecule has 0 saturated heterocycles. The lowest BCUT2D eigenvalue weighted by Crippen LogP contribution is -2.34. The van der Waals surface area contributed by atoms with Crippen LogP contribution in [-0.4, -0.2) is 30.8 Å². The van der Waals surface area contributed by atoms with Gasteiger partial charge in [0.15, 0.2) is 0 Å². The smallest absolute Gasteiger partial charge is 0.251 e. The molecular formula is C14H21NO3. The molecule has 4 nitrogen and oxygen atoms in total. The van der Waals surface area contributed by atoms with E-state index in [1.54, 1.807) is 19.2 Å². The van der Waals surface area contributed by atoms with Crippen LogP contribution in [0.4, 0.5) is 0 Å². The molecule has 0 fully saturated rings. The van der Waals surface area contributed by atoms with E-state index in [0.717, 1.165) is 5.56 Å². The molecule has 18 heavy (non-hydrogen) atoms. The summed E-state index contributed by atoms with van der Waals surface area (Å²) in [5.41, 5.74) is 1.61. The van der Waals surface area contributed by atoms with E-state index in [0.29, 0.717) is 12.2 Å². The molecule has 0 radical (unpaired) electrons. The molecule has 1 atom stereocenters. The number of carbonyl (C=O) groups is 1. The second-order valence-corrected chi connectivity index (χ2v) is 4.65. The summed E-state index contributed by atoms with van der Waals surface area (Å²) in [7, 11) is 1.63. The predicted octanol–water partition coefficient (Wildman–Crippen LogP) is 1.58. The fourth-order valence-electron chi connectivity index (χ4n) is 1.45. The monoisotopic (exact) mass is 251 g/mol. The van der Waals surface area contributed by atoms with Crippen LogP contribution in [-0.2, 0) is 11.3 Å². The van der Waals surface area contributed by atoms with Crippen molar-refractivity contribution in [2.24, 2.45) is 5.92 Å². The van der Waals surface area contributed by atoms with E-state index in [-0.39, 0.29) is 18.4 Å². The number of hydrogen-bond acceptors (Lipinski definition) is 3. The van der Waals surface area contributed by atoms with Gasteiger partial charge in [-0.2, -0.15) is 0 Å². The topological polar surface area (TPSA) is 58.6 Å². The normalized spacial score (nSPS) is 12.5. The molecule has 4 heteroatoms. The van der Waals surface area contributed by atoms with Gasteiger partial charge < -0.3 is 15.2 Å². The van der Waals surface area contributed by atoms with Crippen LogP contribution in [0.1, 0.15) is 29.8 Å². The van der Waals surface area contributed by atoms with Gasteiger partial charge >= 0.3 is 0 Å². The molecule has 2 N–H and O–H groups in total. The highest BCUT2D eigenvalue weighted by molar-refractivity contribution is 5.94. The van der Waals surface area contributed by atoms with Gasteiger partial charge in [0, 0.05) is 19.2 Å². The molecule has 1 amide bonds. The number of hydrogen-bond donors (Lipinski definition) is 2. The van der Waals surface area contributed by atoms with Gasteiger partial charge in [-0.25, -0.2) is 0 Å². The molecule has 0 aliphatic rings. The van der Waals surface area contributed by atoms with E-state index in [9.17, 15) is 9.90 Å². The molecule has 1 aromatic carbocycles. The highest BCUT2D eigenvalue weighted by Crippen LogP contribution is 2.06. The SMILES string of the molecule is COCc1ccc(C(=O)NCC(O)C(C)C)cc1. The Morgan fingerprint density at radius 1 is 1.33 bits per heavy atom. The average Bonchev–Trinajstić information content (AvgIpc) is 2.36. The number of ether oxygens (including phenoxy) is 1. The number of aliphatic hydroxyl groups excluding tert-OH is 1. The molecule has 1 unspecified atom stereocenters. The quantitative estimate of drug-likeness (QED) is 0.807. The van der Waals surface area contributed by atoms with E-state index in [1.165, 1.54) is 0 Å². The van der Waals surface area contributed by atoms with Crippen molar-refractivity contribution in [3.8, 4) is 0 Å². The maximum absolute atomic E-state index is 11.8. The minimum atomic E-state index is -0.512. The summed E-state index contributed by atoms with van der Waals surface area (Å²) in [6, 6.07) is 7.23. The van der Waals surface area contributed by atoms with Crippen LogP contribution in [0.15, 0.2) is 24.3 Å². The van der Waals surface area contributed by atoms with Crippen molar-refractivity contribution in [2.75, 3.05) is 13.7 Å². The molecule has 0 heterocycles. The summed E-state index contributed by atoms with van der Waals surface area (Å²) in [6.07, 6.45) is -0.512. The molecule has 1 aromatic rings. The fourth-order valence-corrected chi connectivity index (χ4v) is 1.45. The van der Waals surface area contributed by atoms with Crippen LogP contribution in [0.5, 0.6) is 0 Å². The first-order valence-electron chi connectivity index (χ1n) is 6.08. The summed E-state index contributed by atoms with van der Waals surface area (Å²) < 4.78 is 5.00. The van der Waals surface area contributed by atoms with Gasteiger partial charge in [-0.05, 0) is 23.6 Å². The third-order valence-electron chi connectivity index (χ3n) is 2.77. The molecule has 0 aliphatic carbocycles. The Labute approximate surface area is 108 Å². The van der Waals surface area contributed by atoms with Gasteiger partial charge in [-0.1, -0.05) is 26.0 Å². The molecule has 0 saturated carbocycles. The standard InChI is InChI=1S/C14H21NO3/c1-10(2)13(16)8-15-14(17)12-6-4-11(5-7-12)9-18-3/h4-7,10,13,16H,8-9H2,1-3H3,(H,15,17). The molecule has 0 spiro atoms. The molecule has 0 bridgehead atoms. The van der Waals surface area contributed by atoms with Crippen molar-refractivity contribution >= 4 is 5.91 Å². The number of methoxy groups -OCH3 is 1. The van der Waals surface area contributed by atoms with Gasteiger partial charge in [0.2, 0.25) is 0 Å². The van der Waals surface area contributed by atoms with Crippen molar-refractivity contribution in [3.05, 3.63) is 35.4 Å². The number of benzene rings is 1. The van der Waals surface area contributed by atoms with Gasteiger partial charge in [-0.3, -0.25) is 4.79 Å². The van der Waals surface area contributed by atoms with E-state index in [4.69, 9.17) is 4.74 Å². The zero-order valence-corrected chi connectivity index (χ0v) is 11.1. The molecule has 0 aliphatic heterocycles. The Kier molecular flexibility index (Phi) is 5.82. The first-order valence-corrected chi connectivity index (χ1v) is 6.08. The summed E-state index contributed by atoms with van der Waals surface area (Å²) in [5, 5.41) is 12.3. The van der Waals surface area contributed by atoms with Crippen LogP contribution >= 0.6 is 0 Å². The van der Waals surface area contributed by atoms with E-state index in [1.807, 2.05) is 26.0 Å². The summed E-state index contributed by atoms with van der Waals surface area (Å²) in [6.45, 7) is 4.64. The van der Waals surface area contributed by atoms with Crippen LogP contribution in [0, 0.1) is 5.92 Å². The summed E-state index contributed by atoms with van der Waals surface area (Å²) >= 11 is 0. The van der Waals surface area contributed by atoms with Gasteiger partial charge in [-0.15, -0.1) is 0 Å². The summed E-state index contributed by atoms with van der Waals surface area (Å²) in [5.74, 6) is -0.0342. The number of carbonyl (C=O) groups excluding carboxylic acids is 1. The highest BCUT2D eigenvalue weighted by Gasteiger charge is 2.11. The zero-order chi connectivity index (χ0) is 13.5. The lowest BCUT2D eigenvalue weighted by molar-refractivity contribution is 0.0871. The van der Waals surface area contributed by atoms with E-state index >= 15 is 0 Å². The average molecular weight is 251 g/mol. The van der Waals surface area contributed by atoms with Crippen LogP contribution < -0.4 is 5.32 Å². The third kappa shape index (κ3) is 4.47. The second kappa shape index (κ2) is 7.13. The minimum absolute atomic E-state index is 0.134. The highest BCUT2D eigenvalue weighted by atomic mass is 16.5. The van der Waals surface area contributed by atoms with Gasteiger partial charge in [0.1, 0.15) is 0 Å².